The molecule has 1 fully saturated rings. The molecule has 0 aromatic carbocycles. The zero-order valence-electron chi connectivity index (χ0n) is 10.1. The summed E-state index contributed by atoms with van der Waals surface area (Å²) >= 11 is 0. The Balaban J connectivity index is 2.28. The van der Waals surface area contributed by atoms with Gasteiger partial charge in [0, 0.05) is 13.1 Å². The van der Waals surface area contributed by atoms with Crippen molar-refractivity contribution in [3.8, 4) is 0 Å². The van der Waals surface area contributed by atoms with Gasteiger partial charge in [-0.05, 0) is 39.2 Å². The SMILES string of the molecule is CC(C)CN1CCCC(OC(C)C)C1. The molecule has 0 radical (unpaired) electrons. The first-order valence-electron chi connectivity index (χ1n) is 5.95. The van der Waals surface area contributed by atoms with Crippen LogP contribution in [0.25, 0.3) is 0 Å². The van der Waals surface area contributed by atoms with Crippen LogP contribution < -0.4 is 0 Å². The zero-order chi connectivity index (χ0) is 10.6. The van der Waals surface area contributed by atoms with E-state index in [1.807, 2.05) is 0 Å². The van der Waals surface area contributed by atoms with Crippen LogP contribution in [0.4, 0.5) is 0 Å². The summed E-state index contributed by atoms with van der Waals surface area (Å²) in [6, 6.07) is 0. The molecule has 1 saturated heterocycles. The highest BCUT2D eigenvalue weighted by Crippen LogP contribution is 2.15. The third-order valence-electron chi connectivity index (χ3n) is 2.55. The number of hydrogen-bond donors (Lipinski definition) is 0. The van der Waals surface area contributed by atoms with Gasteiger partial charge in [-0.2, -0.15) is 0 Å². The predicted molar refractivity (Wildman–Crippen MR) is 60.5 cm³/mol. The molecule has 1 rings (SSSR count). The molecule has 0 amide bonds. The van der Waals surface area contributed by atoms with Gasteiger partial charge in [-0.25, -0.2) is 0 Å². The van der Waals surface area contributed by atoms with Crippen molar-refractivity contribution in [2.24, 2.45) is 5.92 Å². The van der Waals surface area contributed by atoms with E-state index in [0.29, 0.717) is 12.2 Å². The molecule has 0 aliphatic carbocycles. The van der Waals surface area contributed by atoms with E-state index in [-0.39, 0.29) is 0 Å². The summed E-state index contributed by atoms with van der Waals surface area (Å²) in [6.45, 7) is 12.4. The molecule has 1 heterocycles. The predicted octanol–water partition coefficient (Wildman–Crippen LogP) is 2.53. The summed E-state index contributed by atoms with van der Waals surface area (Å²) in [6.07, 6.45) is 3.39. The van der Waals surface area contributed by atoms with Gasteiger partial charge < -0.3 is 9.64 Å². The summed E-state index contributed by atoms with van der Waals surface area (Å²) in [4.78, 5) is 2.54. The highest BCUT2D eigenvalue weighted by Gasteiger charge is 2.21. The van der Waals surface area contributed by atoms with Gasteiger partial charge in [-0.15, -0.1) is 0 Å². The molecular weight excluding hydrogens is 174 g/mol. The van der Waals surface area contributed by atoms with E-state index in [1.165, 1.54) is 25.9 Å². The molecule has 2 heteroatoms. The van der Waals surface area contributed by atoms with Crippen LogP contribution in [0.2, 0.25) is 0 Å². The van der Waals surface area contributed by atoms with Crippen molar-refractivity contribution in [2.75, 3.05) is 19.6 Å². The topological polar surface area (TPSA) is 12.5 Å². The molecule has 0 aromatic rings. The molecule has 1 aliphatic rings. The lowest BCUT2D eigenvalue weighted by molar-refractivity contribution is -0.0348. The minimum absolute atomic E-state index is 0.374. The maximum Gasteiger partial charge on any atom is 0.0705 e. The second-order valence-corrected chi connectivity index (χ2v) is 5.10. The Labute approximate surface area is 88.6 Å². The summed E-state index contributed by atoms with van der Waals surface area (Å²) in [5.41, 5.74) is 0. The molecular formula is C12H25NO. The molecule has 1 atom stereocenters. The molecule has 14 heavy (non-hydrogen) atoms. The first kappa shape index (κ1) is 12.0. The second kappa shape index (κ2) is 5.72. The third kappa shape index (κ3) is 4.43. The van der Waals surface area contributed by atoms with Crippen LogP contribution >= 0.6 is 0 Å². The first-order chi connectivity index (χ1) is 6.58. The Morgan fingerprint density at radius 2 is 2.00 bits per heavy atom. The van der Waals surface area contributed by atoms with Crippen molar-refractivity contribution in [1.29, 1.82) is 0 Å². The van der Waals surface area contributed by atoms with Gasteiger partial charge in [0.2, 0.25) is 0 Å². The Hall–Kier alpha value is -0.0800. The van der Waals surface area contributed by atoms with E-state index in [1.54, 1.807) is 0 Å². The normalized spacial score (nSPS) is 24.9. The van der Waals surface area contributed by atoms with Crippen LogP contribution in [0.15, 0.2) is 0 Å². The molecule has 84 valence electrons. The van der Waals surface area contributed by atoms with E-state index < -0.39 is 0 Å². The van der Waals surface area contributed by atoms with Crippen molar-refractivity contribution >= 4 is 0 Å². The Bertz CT molecular complexity index is 140. The fourth-order valence-corrected chi connectivity index (χ4v) is 2.19. The lowest BCUT2D eigenvalue weighted by Crippen LogP contribution is -2.42. The standard InChI is InChI=1S/C12H25NO/c1-10(2)8-13-7-5-6-12(9-13)14-11(3)4/h10-12H,5-9H2,1-4H3. The quantitative estimate of drug-likeness (QED) is 0.690. The molecule has 0 bridgehead atoms. The Morgan fingerprint density at radius 1 is 1.29 bits per heavy atom. The minimum atomic E-state index is 0.374. The van der Waals surface area contributed by atoms with Crippen LogP contribution in [-0.4, -0.2) is 36.7 Å². The number of hydrogen-bond acceptors (Lipinski definition) is 2. The molecule has 0 N–H and O–H groups in total. The largest absolute Gasteiger partial charge is 0.374 e. The fraction of sp³-hybridized carbons (Fsp3) is 1.00. The van der Waals surface area contributed by atoms with Crippen molar-refractivity contribution < 1.29 is 4.74 Å². The number of nitrogens with zero attached hydrogens (tertiary/aromatic N) is 1. The second-order valence-electron chi connectivity index (χ2n) is 5.10. The van der Waals surface area contributed by atoms with Gasteiger partial charge in [0.15, 0.2) is 0 Å². The van der Waals surface area contributed by atoms with Crippen LogP contribution in [0.3, 0.4) is 0 Å². The van der Waals surface area contributed by atoms with Crippen molar-refractivity contribution in [3.63, 3.8) is 0 Å². The van der Waals surface area contributed by atoms with Crippen LogP contribution in [0.5, 0.6) is 0 Å². The average Bonchev–Trinajstić information content (AvgIpc) is 2.01. The molecule has 0 aromatic heterocycles. The van der Waals surface area contributed by atoms with E-state index in [9.17, 15) is 0 Å². The van der Waals surface area contributed by atoms with Crippen molar-refractivity contribution in [1.82, 2.24) is 4.90 Å². The Kier molecular flexibility index (Phi) is 4.90. The van der Waals surface area contributed by atoms with Crippen LogP contribution in [-0.2, 0) is 4.74 Å². The fourth-order valence-electron chi connectivity index (χ4n) is 2.19. The third-order valence-corrected chi connectivity index (χ3v) is 2.55. The zero-order valence-corrected chi connectivity index (χ0v) is 10.1. The number of rotatable bonds is 4. The summed E-state index contributed by atoms with van der Waals surface area (Å²) in [5, 5.41) is 0. The molecule has 1 unspecified atom stereocenters. The number of piperidine rings is 1. The first-order valence-corrected chi connectivity index (χ1v) is 5.95. The molecule has 0 spiro atoms. The monoisotopic (exact) mass is 199 g/mol. The lowest BCUT2D eigenvalue weighted by Gasteiger charge is -2.34. The van der Waals surface area contributed by atoms with Crippen LogP contribution in [0.1, 0.15) is 40.5 Å². The van der Waals surface area contributed by atoms with E-state index in [2.05, 4.69) is 32.6 Å². The Morgan fingerprint density at radius 3 is 2.57 bits per heavy atom. The lowest BCUT2D eigenvalue weighted by atomic mass is 10.1. The van der Waals surface area contributed by atoms with Crippen molar-refractivity contribution in [3.05, 3.63) is 0 Å². The van der Waals surface area contributed by atoms with E-state index in [0.717, 1.165) is 12.5 Å². The van der Waals surface area contributed by atoms with Gasteiger partial charge in [0.1, 0.15) is 0 Å². The van der Waals surface area contributed by atoms with Crippen LogP contribution in [0, 0.1) is 5.92 Å². The summed E-state index contributed by atoms with van der Waals surface area (Å²) < 4.78 is 5.86. The van der Waals surface area contributed by atoms with E-state index >= 15 is 0 Å². The van der Waals surface area contributed by atoms with Gasteiger partial charge in [-0.3, -0.25) is 0 Å². The smallest absolute Gasteiger partial charge is 0.0705 e. The molecule has 0 saturated carbocycles. The van der Waals surface area contributed by atoms with Gasteiger partial charge >= 0.3 is 0 Å². The highest BCUT2D eigenvalue weighted by atomic mass is 16.5. The summed E-state index contributed by atoms with van der Waals surface area (Å²) in [5.74, 6) is 0.771. The van der Waals surface area contributed by atoms with Gasteiger partial charge in [-0.1, -0.05) is 13.8 Å². The van der Waals surface area contributed by atoms with Gasteiger partial charge in [0.25, 0.3) is 0 Å². The van der Waals surface area contributed by atoms with E-state index in [4.69, 9.17) is 4.74 Å². The maximum atomic E-state index is 5.86. The maximum absolute atomic E-state index is 5.86. The number of likely N-dealkylation sites (tertiary alicyclic amines) is 1. The number of ether oxygens (including phenoxy) is 1. The molecule has 2 nitrogen and oxygen atoms in total. The minimum Gasteiger partial charge on any atom is -0.374 e. The van der Waals surface area contributed by atoms with Crippen molar-refractivity contribution in [2.45, 2.75) is 52.7 Å². The average molecular weight is 199 g/mol. The summed E-state index contributed by atoms with van der Waals surface area (Å²) in [7, 11) is 0. The highest BCUT2D eigenvalue weighted by molar-refractivity contribution is 4.74. The van der Waals surface area contributed by atoms with Gasteiger partial charge in [0.05, 0.1) is 12.2 Å². The molecule has 1 aliphatic heterocycles.